The number of carbonyl (C=O) groups excluding carboxylic acids is 1. The Morgan fingerprint density at radius 1 is 0.914 bits per heavy atom. The maximum Gasteiger partial charge on any atom is 0.416 e. The Kier molecular flexibility index (Phi) is 7.47. The van der Waals surface area contributed by atoms with Gasteiger partial charge in [0.1, 0.15) is 4.75 Å². The molecule has 0 aliphatic rings. The molecule has 0 fully saturated rings. The maximum atomic E-state index is 14.2. The summed E-state index contributed by atoms with van der Waals surface area (Å²) in [5.74, 6) is -1.00. The zero-order valence-electron chi connectivity index (χ0n) is 17.5. The second-order valence-electron chi connectivity index (χ2n) is 7.66. The van der Waals surface area contributed by atoms with Gasteiger partial charge in [0.05, 0.1) is 5.56 Å². The number of nitrogens with one attached hydrogen (secondary N) is 1. The molecule has 0 aliphatic carbocycles. The van der Waals surface area contributed by atoms with Crippen molar-refractivity contribution in [2.45, 2.75) is 30.1 Å². The Bertz CT molecular complexity index is 1290. The predicted octanol–water partition coefficient (Wildman–Crippen LogP) is 7.35. The Morgan fingerprint density at radius 2 is 1.51 bits per heavy atom. The van der Waals surface area contributed by atoms with Crippen molar-refractivity contribution < 1.29 is 41.0 Å². The number of carbonyl (C=O) groups is 2. The minimum Gasteiger partial charge on any atom is -0.465 e. The van der Waals surface area contributed by atoms with Gasteiger partial charge in [-0.1, -0.05) is 52.3 Å². The zero-order valence-corrected chi connectivity index (χ0v) is 19.9. The van der Waals surface area contributed by atoms with Gasteiger partial charge in [-0.25, -0.2) is 4.79 Å². The number of halogens is 7. The number of alkyl halides is 6. The van der Waals surface area contributed by atoms with E-state index in [-0.39, 0.29) is 22.0 Å². The van der Waals surface area contributed by atoms with E-state index in [2.05, 4.69) is 33.9 Å². The van der Waals surface area contributed by atoms with Crippen LogP contribution < -0.4 is 5.32 Å². The van der Waals surface area contributed by atoms with Crippen molar-refractivity contribution in [2.24, 2.45) is 0 Å². The highest BCUT2D eigenvalue weighted by molar-refractivity contribution is 9.10. The van der Waals surface area contributed by atoms with Crippen LogP contribution >= 0.6 is 28.6 Å². The van der Waals surface area contributed by atoms with Crippen LogP contribution in [0.1, 0.15) is 33.5 Å². The minimum atomic E-state index is -5.18. The lowest BCUT2D eigenvalue weighted by molar-refractivity contribution is -0.161. The standard InChI is InChI=1S/C23H16BrF6NO3S/c24-15-8-13(7-14(9-15)22(25,26)27)21(35,23(28,29)30)10-19(32)18-6-5-12(11-31-20(33)34)16-3-1-2-4-17(16)18/h1-9,31,35H,10-11H2,(H,33,34). The lowest BCUT2D eigenvalue weighted by Crippen LogP contribution is -2.39. The minimum absolute atomic E-state index is 0.103. The van der Waals surface area contributed by atoms with Gasteiger partial charge in [-0.05, 0) is 40.1 Å². The van der Waals surface area contributed by atoms with Crippen molar-refractivity contribution in [3.05, 3.63) is 81.3 Å². The summed E-state index contributed by atoms with van der Waals surface area (Å²) in [4.78, 5) is 24.0. The largest absolute Gasteiger partial charge is 0.465 e. The number of amides is 1. The van der Waals surface area contributed by atoms with Crippen molar-refractivity contribution in [1.82, 2.24) is 5.32 Å². The number of rotatable bonds is 6. The van der Waals surface area contributed by atoms with Gasteiger partial charge < -0.3 is 10.4 Å². The lowest BCUT2D eigenvalue weighted by atomic mass is 9.87. The molecule has 2 N–H and O–H groups in total. The van der Waals surface area contributed by atoms with E-state index in [0.29, 0.717) is 23.1 Å². The van der Waals surface area contributed by atoms with Crippen molar-refractivity contribution in [3.63, 3.8) is 0 Å². The van der Waals surface area contributed by atoms with Crippen LogP contribution in [0.3, 0.4) is 0 Å². The smallest absolute Gasteiger partial charge is 0.416 e. The van der Waals surface area contributed by atoms with Crippen LogP contribution in [-0.2, 0) is 17.5 Å². The lowest BCUT2D eigenvalue weighted by Gasteiger charge is -2.32. The Morgan fingerprint density at radius 3 is 2.09 bits per heavy atom. The second kappa shape index (κ2) is 9.73. The monoisotopic (exact) mass is 579 g/mol. The van der Waals surface area contributed by atoms with Crippen molar-refractivity contribution >= 4 is 51.2 Å². The van der Waals surface area contributed by atoms with Gasteiger partial charge in [-0.15, -0.1) is 0 Å². The van der Waals surface area contributed by atoms with Crippen LogP contribution in [0, 0.1) is 0 Å². The number of hydrogen-bond donors (Lipinski definition) is 3. The van der Waals surface area contributed by atoms with Gasteiger partial charge in [-0.3, -0.25) is 4.79 Å². The molecule has 3 aromatic carbocycles. The van der Waals surface area contributed by atoms with Gasteiger partial charge >= 0.3 is 18.4 Å². The van der Waals surface area contributed by atoms with E-state index in [4.69, 9.17) is 5.11 Å². The fourth-order valence-corrected chi connectivity index (χ4v) is 4.38. The number of fused-ring (bicyclic) bond motifs is 1. The Hall–Kier alpha value is -2.73. The molecular weight excluding hydrogens is 564 g/mol. The molecule has 0 heterocycles. The fraction of sp³-hybridized carbons (Fsp3) is 0.217. The molecule has 0 spiro atoms. The van der Waals surface area contributed by atoms with Crippen molar-refractivity contribution in [2.75, 3.05) is 0 Å². The molecule has 0 bridgehead atoms. The van der Waals surface area contributed by atoms with Crippen LogP contribution in [0.4, 0.5) is 31.1 Å². The molecule has 3 rings (SSSR count). The van der Waals surface area contributed by atoms with E-state index in [0.717, 1.165) is 6.07 Å². The summed E-state index contributed by atoms with van der Waals surface area (Å²) in [7, 11) is 0. The van der Waals surface area contributed by atoms with Crippen LogP contribution in [-0.4, -0.2) is 23.2 Å². The quantitative estimate of drug-likeness (QED) is 0.162. The molecule has 0 aromatic heterocycles. The molecule has 3 aromatic rings. The first-order valence-corrected chi connectivity index (χ1v) is 11.1. The third-order valence-corrected chi connectivity index (χ3v) is 6.46. The van der Waals surface area contributed by atoms with Crippen molar-refractivity contribution in [1.29, 1.82) is 0 Å². The first-order chi connectivity index (χ1) is 16.1. The SMILES string of the molecule is O=C(O)NCc1ccc(C(=O)CC(S)(c2cc(Br)cc(C(F)(F)F)c2)C(F)(F)F)c2ccccc12. The topological polar surface area (TPSA) is 66.4 Å². The highest BCUT2D eigenvalue weighted by atomic mass is 79.9. The number of carboxylic acid groups (broad SMARTS) is 1. The van der Waals surface area contributed by atoms with Gasteiger partial charge in [0, 0.05) is 23.0 Å². The normalized spacial score (nSPS) is 13.9. The summed E-state index contributed by atoms with van der Waals surface area (Å²) in [6.45, 7) is -0.109. The Balaban J connectivity index is 2.09. The highest BCUT2D eigenvalue weighted by Crippen LogP contribution is 2.49. The summed E-state index contributed by atoms with van der Waals surface area (Å²) in [5, 5.41) is 11.7. The third-order valence-electron chi connectivity index (χ3n) is 5.33. The third kappa shape index (κ3) is 5.75. The molecule has 0 saturated carbocycles. The number of benzene rings is 3. The molecule has 1 amide bonds. The van der Waals surface area contributed by atoms with E-state index in [9.17, 15) is 35.9 Å². The van der Waals surface area contributed by atoms with Crippen molar-refractivity contribution in [3.8, 4) is 0 Å². The molecule has 1 unspecified atom stereocenters. The number of ketones is 1. The zero-order chi connectivity index (χ0) is 26.2. The van der Waals surface area contributed by atoms with E-state index in [1.54, 1.807) is 18.2 Å². The summed E-state index contributed by atoms with van der Waals surface area (Å²) in [5.41, 5.74) is -1.78. The highest BCUT2D eigenvalue weighted by Gasteiger charge is 2.55. The summed E-state index contributed by atoms with van der Waals surface area (Å²) in [6.07, 6.45) is -12.7. The first-order valence-electron chi connectivity index (χ1n) is 9.81. The summed E-state index contributed by atoms with van der Waals surface area (Å²) < 4.78 is 78.8. The molecule has 0 saturated heterocycles. The van der Waals surface area contributed by atoms with Gasteiger partial charge in [0.2, 0.25) is 0 Å². The van der Waals surface area contributed by atoms with E-state index < -0.39 is 46.5 Å². The molecule has 1 atom stereocenters. The van der Waals surface area contributed by atoms with Crippen LogP contribution in [0.15, 0.2) is 59.1 Å². The van der Waals surface area contributed by atoms with Gasteiger partial charge in [-0.2, -0.15) is 39.0 Å². The maximum absolute atomic E-state index is 14.2. The molecule has 186 valence electrons. The van der Waals surface area contributed by atoms with Crippen LogP contribution in [0.2, 0.25) is 0 Å². The van der Waals surface area contributed by atoms with Gasteiger partial charge in [0.25, 0.3) is 0 Å². The predicted molar refractivity (Wildman–Crippen MR) is 124 cm³/mol. The van der Waals surface area contributed by atoms with E-state index in [1.807, 2.05) is 0 Å². The van der Waals surface area contributed by atoms with Crippen LogP contribution in [0.25, 0.3) is 10.8 Å². The fourth-order valence-electron chi connectivity index (χ4n) is 3.62. The number of Topliss-reactive ketones (excluding diaryl/α,β-unsaturated/α-hetero) is 1. The molecule has 4 nitrogen and oxygen atoms in total. The van der Waals surface area contributed by atoms with E-state index >= 15 is 0 Å². The van der Waals surface area contributed by atoms with E-state index in [1.165, 1.54) is 18.2 Å². The molecule has 0 aliphatic heterocycles. The van der Waals surface area contributed by atoms with Crippen LogP contribution in [0.5, 0.6) is 0 Å². The molecule has 0 radical (unpaired) electrons. The second-order valence-corrected chi connectivity index (χ2v) is 9.34. The van der Waals surface area contributed by atoms with Gasteiger partial charge in [0.15, 0.2) is 5.78 Å². The number of thiol groups is 1. The Labute approximate surface area is 208 Å². The molecule has 35 heavy (non-hydrogen) atoms. The molecular formula is C23H16BrF6NO3S. The summed E-state index contributed by atoms with van der Waals surface area (Å²) in [6, 6.07) is 10.7. The average molecular weight is 580 g/mol. The number of hydrogen-bond acceptors (Lipinski definition) is 3. The summed E-state index contributed by atoms with van der Waals surface area (Å²) >= 11 is 6.54. The molecule has 12 heteroatoms. The first kappa shape index (κ1) is 26.9. The average Bonchev–Trinajstić information content (AvgIpc) is 2.75.